The zero-order valence-electron chi connectivity index (χ0n) is 83.0. The Balaban J connectivity index is 0.926. The van der Waals surface area contributed by atoms with Gasteiger partial charge in [-0.3, -0.25) is 62.3 Å². The van der Waals surface area contributed by atoms with E-state index in [4.69, 9.17) is 89.6 Å². The van der Waals surface area contributed by atoms with Crippen LogP contribution in [-0.4, -0.2) is 306 Å². The van der Waals surface area contributed by atoms with Crippen molar-refractivity contribution in [2.24, 2.45) is 10.8 Å². The fourth-order valence-electron chi connectivity index (χ4n) is 16.2. The molecule has 774 valence electrons. The molecule has 0 saturated carbocycles. The first-order valence-electron chi connectivity index (χ1n) is 47.0. The quantitative estimate of drug-likeness (QED) is 0.00803. The normalized spacial score (nSPS) is 20.8. The number of nitriles is 1. The lowest BCUT2D eigenvalue weighted by molar-refractivity contribution is -0.279. The number of likely N-dealkylation sites (tertiary alicyclic amines) is 1. The van der Waals surface area contributed by atoms with Gasteiger partial charge in [0, 0.05) is 134 Å². The first-order chi connectivity index (χ1) is 66.8. The zero-order valence-corrected chi connectivity index (χ0v) is 83.9. The summed E-state index contributed by atoms with van der Waals surface area (Å²) in [5.74, 6) is -6.53. The van der Waals surface area contributed by atoms with Crippen LogP contribution in [0.25, 0.3) is 0 Å². The Kier molecular flexibility index (Phi) is 49.5. The zero-order chi connectivity index (χ0) is 102. The Morgan fingerprint density at radius 2 is 0.900 bits per heavy atom. The Bertz CT molecular complexity index is 4490. The Morgan fingerprint density at radius 3 is 1.32 bits per heavy atom. The van der Waals surface area contributed by atoms with Gasteiger partial charge < -0.3 is 126 Å². The molecule has 140 heavy (non-hydrogen) atoms. The maximum atomic E-state index is 14.7. The molecule has 3 heterocycles. The van der Waals surface area contributed by atoms with Gasteiger partial charge >= 0.3 is 35.8 Å². The number of carbonyl (C=O) groups is 13. The number of amides is 7. The van der Waals surface area contributed by atoms with Crippen LogP contribution < -0.4 is 41.4 Å². The summed E-state index contributed by atoms with van der Waals surface area (Å²) >= 11 is 0. The van der Waals surface area contributed by atoms with Crippen LogP contribution in [0.1, 0.15) is 192 Å². The van der Waals surface area contributed by atoms with Crippen molar-refractivity contribution in [1.82, 2.24) is 36.2 Å². The second kappa shape index (κ2) is 59.7. The van der Waals surface area contributed by atoms with Gasteiger partial charge in [0.1, 0.15) is 54.6 Å². The third kappa shape index (κ3) is 37.5. The van der Waals surface area contributed by atoms with Gasteiger partial charge in [-0.25, -0.2) is 4.67 Å². The van der Waals surface area contributed by atoms with Crippen LogP contribution in [-0.2, 0) is 138 Å². The third-order valence-corrected chi connectivity index (χ3v) is 25.1. The lowest BCUT2D eigenvalue weighted by atomic mass is 9.68. The molecule has 4 aromatic carbocycles. The number of anilines is 1. The maximum Gasteiger partial charge on any atom is 0.303 e. The van der Waals surface area contributed by atoms with Crippen molar-refractivity contribution in [1.29, 1.82) is 5.26 Å². The standard InChI is InChI=1S/C98H140N9O32P/c1-63(2)107(64(3)4)140(132-42-26-39-99)133-62-97(14)60-106(59-96(97,13)61-131-98(75-27-22-21-23-28-75,76-31-35-79(121-15)36-32-76)77-33-37-80(122-16)38-34-77)85(118)30-25-20-18-17-19-24-29-83(116)102-56-84(117)105-78-54-73(92(119)100-40-43-123-45-47-125-49-51-127-94-86(103-65(5)108)90(136-71(11)114)88(134-69(9)112)81(138-94)57-129-67(7)110)53-74(55-78)93(120)101-41-44-124-46-48-126-50-52-128-95-87(104-66(6)109)91(137-72(12)115)89(135-70(10)113)82(139-95)58-130-68(8)111/h21-23,27-28,31-38,53-55,63-64,81-82,86-91,94-95H,17-20,24-26,29-30,40-52,56-62H2,1-16H3,(H,100,119)(H,101,120)(H,102,116)(H,103,108)(H,104,109)(H,105,117)/t81-,82-,86-,87-,88+,89+,90-,91-,94?,95?,96?,97?,140?/m1/s1. The van der Waals surface area contributed by atoms with Gasteiger partial charge in [0.25, 0.3) is 20.3 Å². The van der Waals surface area contributed by atoms with E-state index in [9.17, 15) is 67.6 Å². The lowest BCUT2D eigenvalue weighted by Crippen LogP contribution is -2.66. The van der Waals surface area contributed by atoms with Gasteiger partial charge in [0.05, 0.1) is 119 Å². The molecule has 3 saturated heterocycles. The number of nitrogens with zero attached hydrogens (tertiary/aromatic N) is 3. The molecule has 3 fully saturated rings. The molecule has 7 rings (SSSR count). The molecule has 0 bridgehead atoms. The van der Waals surface area contributed by atoms with Crippen LogP contribution in [0.15, 0.2) is 97.1 Å². The van der Waals surface area contributed by atoms with E-state index >= 15 is 0 Å². The average molecular weight is 1990 g/mol. The number of methoxy groups -OCH3 is 2. The second-order valence-corrected chi connectivity index (χ2v) is 36.3. The highest BCUT2D eigenvalue weighted by Gasteiger charge is 2.57. The van der Waals surface area contributed by atoms with Crippen LogP contribution in [0.2, 0.25) is 0 Å². The van der Waals surface area contributed by atoms with Crippen LogP contribution in [0.4, 0.5) is 5.69 Å². The minimum atomic E-state index is -1.64. The van der Waals surface area contributed by atoms with E-state index in [1.807, 2.05) is 71.6 Å². The molecule has 0 spiro atoms. The molecule has 5 unspecified atom stereocenters. The summed E-state index contributed by atoms with van der Waals surface area (Å²) in [4.78, 5) is 168. The number of hydrogen-bond acceptors (Lipinski definition) is 34. The molecule has 0 aliphatic carbocycles. The SMILES string of the molecule is COc1ccc(C(OCC2(C)CN(C(=O)CCCCCCCCC(=O)NCC(=O)Nc3cc(C(=O)NCCOCCOCCOC4O[C@H](COC(C)=O)[C@H](OC(C)=O)[C@H](OC(C)=O)[C@H]4NC(C)=O)cc(C(=O)NCCOCCOCCOC4O[C@H](COC(C)=O)[C@H](OC(C)=O)[C@H](OC(C)=O)[C@H]4NC(C)=O)c3)CC2(C)COP(OCCC#N)N(C(C)C)C(C)C)(c2ccccc2)c2ccc(OC)cc2)cc1. The van der Waals surface area contributed by atoms with Crippen LogP contribution in [0, 0.1) is 22.2 Å². The molecular weight excluding hydrogens is 1850 g/mol. The van der Waals surface area contributed by atoms with Gasteiger partial charge in [0.15, 0.2) is 37.0 Å². The molecule has 3 aliphatic rings. The average Bonchev–Trinajstić information content (AvgIpc) is 1.50. The number of benzene rings is 4. The molecule has 13 atom stereocenters. The summed E-state index contributed by atoms with van der Waals surface area (Å²) in [5, 5.41) is 25.6. The molecule has 3 aliphatic heterocycles. The van der Waals surface area contributed by atoms with Gasteiger partial charge in [-0.2, -0.15) is 5.26 Å². The number of unbranched alkanes of at least 4 members (excludes halogenated alkanes) is 5. The summed E-state index contributed by atoms with van der Waals surface area (Å²) in [6.45, 7) is 21.6. The highest BCUT2D eigenvalue weighted by molar-refractivity contribution is 7.44. The number of esters is 6. The van der Waals surface area contributed by atoms with E-state index in [1.165, 1.54) is 32.0 Å². The van der Waals surface area contributed by atoms with E-state index in [0.29, 0.717) is 50.3 Å². The van der Waals surface area contributed by atoms with Crippen LogP contribution >= 0.6 is 8.53 Å². The van der Waals surface area contributed by atoms with E-state index in [-0.39, 0.29) is 153 Å². The fraction of sp³-hybridized carbons (Fsp3) is 0.612. The molecule has 0 radical (unpaired) electrons. The number of nitrogens with one attached hydrogen (secondary N) is 6. The van der Waals surface area contributed by atoms with Crippen LogP contribution in [0.5, 0.6) is 11.5 Å². The Hall–Kier alpha value is -11.0. The molecule has 42 heteroatoms. The lowest BCUT2D eigenvalue weighted by Gasteiger charge is -2.44. The Morgan fingerprint density at radius 1 is 0.486 bits per heavy atom. The number of rotatable bonds is 61. The first-order valence-corrected chi connectivity index (χ1v) is 48.1. The minimum absolute atomic E-state index is 0.00105. The highest BCUT2D eigenvalue weighted by Crippen LogP contribution is 2.54. The second-order valence-electron chi connectivity index (χ2n) is 34.9. The first kappa shape index (κ1) is 116. The summed E-state index contributed by atoms with van der Waals surface area (Å²) < 4.78 is 113. The van der Waals surface area contributed by atoms with Crippen molar-refractivity contribution in [2.45, 2.75) is 234 Å². The van der Waals surface area contributed by atoms with E-state index in [0.717, 1.165) is 77.5 Å². The summed E-state index contributed by atoms with van der Waals surface area (Å²) in [6, 6.07) is 29.7. The van der Waals surface area contributed by atoms with E-state index < -0.39 is 171 Å². The summed E-state index contributed by atoms with van der Waals surface area (Å²) in [5.41, 5.74) is 0.0255. The fourth-order valence-corrected chi connectivity index (χ4v) is 18.0. The molecule has 0 aromatic heterocycles. The van der Waals surface area contributed by atoms with E-state index in [2.05, 4.69) is 96.3 Å². The number of carbonyl (C=O) groups excluding carboxylic acids is 13. The summed E-state index contributed by atoms with van der Waals surface area (Å²) in [7, 11) is 1.61. The monoisotopic (exact) mass is 1990 g/mol. The topological polar surface area (TPSA) is 500 Å². The van der Waals surface area contributed by atoms with Crippen molar-refractivity contribution in [3.63, 3.8) is 0 Å². The molecule has 4 aromatic rings. The van der Waals surface area contributed by atoms with Crippen molar-refractivity contribution in [3.05, 3.63) is 125 Å². The predicted molar refractivity (Wildman–Crippen MR) is 505 cm³/mol. The van der Waals surface area contributed by atoms with Gasteiger partial charge in [-0.15, -0.1) is 0 Å². The molecule has 7 amide bonds. The smallest absolute Gasteiger partial charge is 0.303 e. The van der Waals surface area contributed by atoms with Gasteiger partial charge in [0.2, 0.25) is 29.5 Å². The minimum Gasteiger partial charge on any atom is -0.497 e. The summed E-state index contributed by atoms with van der Waals surface area (Å²) in [6.07, 6.45) is -5.47. The van der Waals surface area contributed by atoms with Crippen molar-refractivity contribution >= 4 is 91.4 Å². The third-order valence-electron chi connectivity index (χ3n) is 23.0. The highest BCUT2D eigenvalue weighted by atomic mass is 31.2. The van der Waals surface area contributed by atoms with Gasteiger partial charge in [-0.1, -0.05) is 94.1 Å². The number of hydrogen-bond donors (Lipinski definition) is 6. The van der Waals surface area contributed by atoms with Crippen LogP contribution in [0.3, 0.4) is 0 Å². The molecular formula is C98H140N9O32P. The van der Waals surface area contributed by atoms with Crippen molar-refractivity contribution < 1.29 is 152 Å². The Labute approximate surface area is 819 Å². The predicted octanol–water partition coefficient (Wildman–Crippen LogP) is 7.91. The van der Waals surface area contributed by atoms with Gasteiger partial charge in [-0.05, 0) is 99.7 Å². The largest absolute Gasteiger partial charge is 0.497 e. The maximum absolute atomic E-state index is 14.7. The molecule has 6 N–H and O–H groups in total. The molecule has 41 nitrogen and oxygen atoms in total. The number of ether oxygens (including phenoxy) is 17. The van der Waals surface area contributed by atoms with Crippen molar-refractivity contribution in [3.8, 4) is 17.6 Å². The van der Waals surface area contributed by atoms with E-state index in [1.54, 1.807) is 14.2 Å². The van der Waals surface area contributed by atoms with Crippen molar-refractivity contribution in [2.75, 3.05) is 151 Å².